The van der Waals surface area contributed by atoms with Crippen LogP contribution in [0, 0.1) is 0 Å². The van der Waals surface area contributed by atoms with E-state index < -0.39 is 25.4 Å². The molecule has 0 spiro atoms. The van der Waals surface area contributed by atoms with Gasteiger partial charge >= 0.3 is 8.80 Å². The SMILES string of the molecule is C[Si](C)(C)O[Si](O)(CCCCl)O[Si](C)(C)C. The number of rotatable bonds is 7. The highest BCUT2D eigenvalue weighted by Crippen LogP contribution is 2.23. The molecular weight excluding hydrogens is 276 g/mol. The third-order valence-electron chi connectivity index (χ3n) is 1.56. The second-order valence-electron chi connectivity index (χ2n) is 5.93. The highest BCUT2D eigenvalue weighted by Gasteiger charge is 2.43. The average molecular weight is 301 g/mol. The highest BCUT2D eigenvalue weighted by atomic mass is 35.5. The van der Waals surface area contributed by atoms with Gasteiger partial charge in [-0.25, -0.2) is 0 Å². The molecule has 0 radical (unpaired) electrons. The Hall–Kier alpha value is 0.821. The van der Waals surface area contributed by atoms with E-state index >= 15 is 0 Å². The van der Waals surface area contributed by atoms with Crippen LogP contribution in [0.2, 0.25) is 45.3 Å². The zero-order valence-corrected chi connectivity index (χ0v) is 15.0. The molecule has 0 aliphatic rings. The summed E-state index contributed by atoms with van der Waals surface area (Å²) in [4.78, 5) is 10.5. The zero-order valence-electron chi connectivity index (χ0n) is 11.3. The van der Waals surface area contributed by atoms with Gasteiger partial charge in [0.1, 0.15) is 0 Å². The molecule has 0 saturated carbocycles. The number of hydrogen-bond donors (Lipinski definition) is 1. The first kappa shape index (κ1) is 16.8. The maximum atomic E-state index is 10.5. The molecule has 0 aromatic carbocycles. The second-order valence-corrected chi connectivity index (χ2v) is 18.3. The molecule has 0 aromatic heterocycles. The Bertz CT molecular complexity index is 197. The van der Waals surface area contributed by atoms with Crippen LogP contribution in [0.5, 0.6) is 0 Å². The second kappa shape index (κ2) is 6.12. The lowest BCUT2D eigenvalue weighted by atomic mass is 10.6. The maximum Gasteiger partial charge on any atom is 0.477 e. The first-order valence-electron chi connectivity index (χ1n) is 5.66. The van der Waals surface area contributed by atoms with Crippen molar-refractivity contribution in [3.8, 4) is 0 Å². The molecule has 0 aliphatic heterocycles. The molecule has 0 bridgehead atoms. The van der Waals surface area contributed by atoms with Gasteiger partial charge in [0, 0.05) is 11.9 Å². The molecule has 0 amide bonds. The van der Waals surface area contributed by atoms with Crippen molar-refractivity contribution in [3.63, 3.8) is 0 Å². The van der Waals surface area contributed by atoms with Crippen LogP contribution in [-0.2, 0) is 8.23 Å². The van der Waals surface area contributed by atoms with Crippen molar-refractivity contribution in [2.45, 2.75) is 51.7 Å². The van der Waals surface area contributed by atoms with Crippen LogP contribution >= 0.6 is 11.6 Å². The van der Waals surface area contributed by atoms with Gasteiger partial charge in [-0.05, 0) is 45.7 Å². The third-order valence-corrected chi connectivity index (χ3v) is 10.3. The van der Waals surface area contributed by atoms with Crippen LogP contribution < -0.4 is 0 Å². The molecule has 0 atom stereocenters. The molecule has 3 nitrogen and oxygen atoms in total. The Morgan fingerprint density at radius 1 is 0.938 bits per heavy atom. The van der Waals surface area contributed by atoms with Crippen molar-refractivity contribution < 1.29 is 13.0 Å². The largest absolute Gasteiger partial charge is 0.477 e. The predicted octanol–water partition coefficient (Wildman–Crippen LogP) is 3.25. The van der Waals surface area contributed by atoms with E-state index in [1.54, 1.807) is 0 Å². The lowest BCUT2D eigenvalue weighted by Crippen LogP contribution is -2.54. The van der Waals surface area contributed by atoms with E-state index in [1.165, 1.54) is 0 Å². The first-order chi connectivity index (χ1) is 6.97. The maximum absolute atomic E-state index is 10.5. The van der Waals surface area contributed by atoms with Gasteiger partial charge in [0.15, 0.2) is 16.6 Å². The Morgan fingerprint density at radius 3 is 1.56 bits per heavy atom. The molecular formula is C9H25ClO3Si3. The van der Waals surface area contributed by atoms with E-state index in [0.29, 0.717) is 11.9 Å². The monoisotopic (exact) mass is 300 g/mol. The van der Waals surface area contributed by atoms with Crippen LogP contribution in [0.4, 0.5) is 0 Å². The number of hydrogen-bond acceptors (Lipinski definition) is 3. The van der Waals surface area contributed by atoms with Crippen molar-refractivity contribution in [3.05, 3.63) is 0 Å². The van der Waals surface area contributed by atoms with Crippen molar-refractivity contribution in [1.29, 1.82) is 0 Å². The molecule has 98 valence electrons. The topological polar surface area (TPSA) is 38.7 Å². The van der Waals surface area contributed by atoms with Crippen LogP contribution in [-0.4, -0.2) is 36.1 Å². The quantitative estimate of drug-likeness (QED) is 0.579. The molecule has 0 aromatic rings. The van der Waals surface area contributed by atoms with Crippen LogP contribution in [0.3, 0.4) is 0 Å². The van der Waals surface area contributed by atoms with Gasteiger partial charge in [-0.2, -0.15) is 0 Å². The minimum absolute atomic E-state index is 0.541. The van der Waals surface area contributed by atoms with Crippen molar-refractivity contribution >= 4 is 37.0 Å². The van der Waals surface area contributed by atoms with E-state index in [-0.39, 0.29) is 0 Å². The summed E-state index contributed by atoms with van der Waals surface area (Å²) in [7, 11) is -6.56. The summed E-state index contributed by atoms with van der Waals surface area (Å²) in [5, 5.41) is 0. The number of halogens is 1. The summed E-state index contributed by atoms with van der Waals surface area (Å²) in [6.07, 6.45) is 0.749. The summed E-state index contributed by atoms with van der Waals surface area (Å²) < 4.78 is 11.8. The lowest BCUT2D eigenvalue weighted by molar-refractivity contribution is 0.243. The van der Waals surface area contributed by atoms with Gasteiger partial charge in [0.25, 0.3) is 0 Å². The molecule has 7 heteroatoms. The molecule has 1 N–H and O–H groups in total. The van der Waals surface area contributed by atoms with E-state index in [0.717, 1.165) is 6.42 Å². The Balaban J connectivity index is 4.61. The predicted molar refractivity (Wildman–Crippen MR) is 77.0 cm³/mol. The van der Waals surface area contributed by atoms with Crippen LogP contribution in [0.15, 0.2) is 0 Å². The minimum atomic E-state index is -3.00. The number of alkyl halides is 1. The lowest BCUT2D eigenvalue weighted by Gasteiger charge is -2.35. The Labute approximate surface area is 108 Å². The summed E-state index contributed by atoms with van der Waals surface area (Å²) in [6, 6.07) is 0.574. The summed E-state index contributed by atoms with van der Waals surface area (Å²) in [5.74, 6) is 0.541. The van der Waals surface area contributed by atoms with Crippen molar-refractivity contribution in [2.75, 3.05) is 5.88 Å². The van der Waals surface area contributed by atoms with E-state index in [2.05, 4.69) is 39.3 Å². The van der Waals surface area contributed by atoms with Gasteiger partial charge in [-0.15, -0.1) is 11.6 Å². The van der Waals surface area contributed by atoms with Gasteiger partial charge < -0.3 is 13.0 Å². The van der Waals surface area contributed by atoms with E-state index in [9.17, 15) is 4.80 Å². The van der Waals surface area contributed by atoms with Gasteiger partial charge in [-0.3, -0.25) is 0 Å². The van der Waals surface area contributed by atoms with E-state index in [4.69, 9.17) is 19.8 Å². The smallest absolute Gasteiger partial charge is 0.416 e. The average Bonchev–Trinajstić information content (AvgIpc) is 1.93. The standard InChI is InChI=1S/C9H25ClO3Si3/c1-14(2,3)12-16(11,9-7-8-10)13-15(4,5)6/h11H,7-9H2,1-6H3. The fourth-order valence-corrected chi connectivity index (χ4v) is 11.4. The fraction of sp³-hybridized carbons (Fsp3) is 1.00. The van der Waals surface area contributed by atoms with Crippen LogP contribution in [0.1, 0.15) is 6.42 Å². The van der Waals surface area contributed by atoms with Gasteiger partial charge in [-0.1, -0.05) is 0 Å². The fourth-order valence-electron chi connectivity index (χ4n) is 1.37. The highest BCUT2D eigenvalue weighted by molar-refractivity contribution is 6.85. The zero-order chi connectivity index (χ0) is 13.0. The molecule has 0 unspecified atom stereocenters. The molecule has 0 saturated heterocycles. The van der Waals surface area contributed by atoms with E-state index in [1.807, 2.05) is 0 Å². The first-order valence-corrected chi connectivity index (χ1v) is 15.0. The molecule has 0 aliphatic carbocycles. The molecule has 16 heavy (non-hydrogen) atoms. The Kier molecular flexibility index (Phi) is 6.44. The summed E-state index contributed by atoms with van der Waals surface area (Å²) >= 11 is 5.67. The Morgan fingerprint density at radius 2 is 1.31 bits per heavy atom. The third kappa shape index (κ3) is 8.91. The molecule has 0 heterocycles. The van der Waals surface area contributed by atoms with Gasteiger partial charge in [0.2, 0.25) is 0 Å². The van der Waals surface area contributed by atoms with Gasteiger partial charge in [0.05, 0.1) is 0 Å². The van der Waals surface area contributed by atoms with Crippen molar-refractivity contribution in [1.82, 2.24) is 0 Å². The van der Waals surface area contributed by atoms with Crippen molar-refractivity contribution in [2.24, 2.45) is 0 Å². The normalized spacial score (nSPS) is 14.2. The minimum Gasteiger partial charge on any atom is -0.416 e. The summed E-state index contributed by atoms with van der Waals surface area (Å²) in [5.41, 5.74) is 0. The summed E-state index contributed by atoms with van der Waals surface area (Å²) in [6.45, 7) is 12.4. The molecule has 0 rings (SSSR count). The molecule has 0 fully saturated rings. The van der Waals surface area contributed by atoms with Crippen LogP contribution in [0.25, 0.3) is 0 Å².